The molecule has 2 aliphatic rings. The van der Waals surface area contributed by atoms with Crippen LogP contribution in [-0.2, 0) is 0 Å². The fourth-order valence-electron chi connectivity index (χ4n) is 2.58. The number of thiol groups is 1. The second-order valence-electron chi connectivity index (χ2n) is 4.74. The number of fused-ring (bicyclic) bond motifs is 1. The molecule has 0 aromatic carbocycles. The van der Waals surface area contributed by atoms with Gasteiger partial charge in [0.25, 0.3) is 0 Å². The van der Waals surface area contributed by atoms with Crippen molar-refractivity contribution < 1.29 is 0 Å². The van der Waals surface area contributed by atoms with Gasteiger partial charge in [0, 0.05) is 4.75 Å². The molecule has 3 heteroatoms. The highest BCUT2D eigenvalue weighted by molar-refractivity contribution is 7.81. The lowest BCUT2D eigenvalue weighted by molar-refractivity contribution is 0.238. The molecular weight excluding hydrogens is 180 g/mol. The zero-order valence-electron chi connectivity index (χ0n) is 8.34. The summed E-state index contributed by atoms with van der Waals surface area (Å²) in [5, 5.41) is 7.13. The topological polar surface area (TPSA) is 24.1 Å². The van der Waals surface area contributed by atoms with Crippen molar-refractivity contribution in [3.8, 4) is 0 Å². The van der Waals surface area contributed by atoms with Gasteiger partial charge >= 0.3 is 0 Å². The van der Waals surface area contributed by atoms with Gasteiger partial charge in [0.2, 0.25) is 0 Å². The van der Waals surface area contributed by atoms with Crippen LogP contribution in [0, 0.1) is 5.92 Å². The van der Waals surface area contributed by atoms with E-state index in [1.54, 1.807) is 0 Å². The first-order valence-electron chi connectivity index (χ1n) is 5.37. The van der Waals surface area contributed by atoms with Gasteiger partial charge in [-0.15, -0.1) is 0 Å². The third-order valence-corrected chi connectivity index (χ3v) is 3.72. The number of hydrogen-bond donors (Lipinski definition) is 3. The van der Waals surface area contributed by atoms with Crippen LogP contribution in [-0.4, -0.2) is 24.0 Å². The normalized spacial score (nSPS) is 46.6. The van der Waals surface area contributed by atoms with E-state index in [1.165, 1.54) is 32.2 Å². The molecule has 0 aromatic heterocycles. The SMILES string of the molecule is CC1(S)CCNC2NCCCC2C1. The Morgan fingerprint density at radius 1 is 1.31 bits per heavy atom. The van der Waals surface area contributed by atoms with Gasteiger partial charge in [-0.3, -0.25) is 0 Å². The van der Waals surface area contributed by atoms with Crippen molar-refractivity contribution in [2.24, 2.45) is 5.92 Å². The van der Waals surface area contributed by atoms with Crippen LogP contribution in [0.1, 0.15) is 32.6 Å². The van der Waals surface area contributed by atoms with Gasteiger partial charge in [-0.2, -0.15) is 12.6 Å². The van der Waals surface area contributed by atoms with Crippen molar-refractivity contribution in [2.45, 2.75) is 43.5 Å². The summed E-state index contributed by atoms with van der Waals surface area (Å²) in [6, 6.07) is 0. The minimum absolute atomic E-state index is 0.242. The third-order valence-electron chi connectivity index (χ3n) is 3.32. The van der Waals surface area contributed by atoms with E-state index >= 15 is 0 Å². The zero-order valence-corrected chi connectivity index (χ0v) is 9.24. The van der Waals surface area contributed by atoms with Crippen LogP contribution in [0.2, 0.25) is 0 Å². The van der Waals surface area contributed by atoms with Gasteiger partial charge in [-0.25, -0.2) is 0 Å². The van der Waals surface area contributed by atoms with Crippen molar-refractivity contribution >= 4 is 12.6 Å². The van der Waals surface area contributed by atoms with Crippen LogP contribution >= 0.6 is 12.6 Å². The zero-order chi connectivity index (χ0) is 9.31. The van der Waals surface area contributed by atoms with Gasteiger partial charge in [0.15, 0.2) is 0 Å². The summed E-state index contributed by atoms with van der Waals surface area (Å²) in [4.78, 5) is 0. The van der Waals surface area contributed by atoms with Crippen LogP contribution < -0.4 is 10.6 Å². The van der Waals surface area contributed by atoms with Crippen LogP contribution in [0.4, 0.5) is 0 Å². The van der Waals surface area contributed by atoms with Gasteiger partial charge in [-0.05, 0) is 44.7 Å². The minimum Gasteiger partial charge on any atom is -0.302 e. The lowest BCUT2D eigenvalue weighted by Crippen LogP contribution is -2.50. The molecule has 2 N–H and O–H groups in total. The predicted molar refractivity (Wildman–Crippen MR) is 59.1 cm³/mol. The van der Waals surface area contributed by atoms with Crippen molar-refractivity contribution in [3.05, 3.63) is 0 Å². The van der Waals surface area contributed by atoms with E-state index in [2.05, 4.69) is 17.6 Å². The molecule has 2 nitrogen and oxygen atoms in total. The summed E-state index contributed by atoms with van der Waals surface area (Å²) in [6.07, 6.45) is 5.68. The van der Waals surface area contributed by atoms with Gasteiger partial charge in [0.1, 0.15) is 0 Å². The van der Waals surface area contributed by atoms with E-state index in [4.69, 9.17) is 12.6 Å². The smallest absolute Gasteiger partial charge is 0.0601 e. The highest BCUT2D eigenvalue weighted by Gasteiger charge is 2.33. The highest BCUT2D eigenvalue weighted by Crippen LogP contribution is 2.33. The molecule has 2 fully saturated rings. The highest BCUT2D eigenvalue weighted by atomic mass is 32.1. The van der Waals surface area contributed by atoms with E-state index in [9.17, 15) is 0 Å². The predicted octanol–water partition coefficient (Wildman–Crippen LogP) is 1.38. The molecule has 0 saturated carbocycles. The first-order valence-corrected chi connectivity index (χ1v) is 5.81. The van der Waals surface area contributed by atoms with E-state index in [-0.39, 0.29) is 4.75 Å². The molecule has 2 heterocycles. The first kappa shape index (κ1) is 9.81. The number of hydrogen-bond acceptors (Lipinski definition) is 3. The van der Waals surface area contributed by atoms with Crippen molar-refractivity contribution in [1.29, 1.82) is 0 Å². The molecule has 0 bridgehead atoms. The molecule has 3 atom stereocenters. The third kappa shape index (κ3) is 2.39. The quantitative estimate of drug-likeness (QED) is 0.515. The molecule has 2 rings (SSSR count). The van der Waals surface area contributed by atoms with Crippen molar-refractivity contribution in [3.63, 3.8) is 0 Å². The maximum Gasteiger partial charge on any atom is 0.0601 e. The monoisotopic (exact) mass is 200 g/mol. The van der Waals surface area contributed by atoms with Crippen LogP contribution in [0.3, 0.4) is 0 Å². The molecule has 0 radical (unpaired) electrons. The number of piperidine rings is 1. The van der Waals surface area contributed by atoms with E-state index in [1.807, 2.05) is 0 Å². The Hall–Kier alpha value is 0.270. The molecule has 76 valence electrons. The number of rotatable bonds is 0. The molecule has 0 spiro atoms. The second-order valence-corrected chi connectivity index (χ2v) is 5.82. The summed E-state index contributed by atoms with van der Waals surface area (Å²) in [5.74, 6) is 0.791. The Morgan fingerprint density at radius 3 is 2.92 bits per heavy atom. The maximum absolute atomic E-state index is 4.74. The molecule has 0 amide bonds. The van der Waals surface area contributed by atoms with Crippen LogP contribution in [0.5, 0.6) is 0 Å². The Labute approximate surface area is 86.3 Å². The standard InChI is InChI=1S/C10H20N2S/c1-10(13)4-6-12-9-8(7-10)3-2-5-11-9/h8-9,11-13H,2-7H2,1H3. The molecule has 2 aliphatic heterocycles. The van der Waals surface area contributed by atoms with Crippen molar-refractivity contribution in [2.75, 3.05) is 13.1 Å². The second kappa shape index (κ2) is 3.79. The lowest BCUT2D eigenvalue weighted by Gasteiger charge is -2.33. The Kier molecular flexibility index (Phi) is 2.86. The summed E-state index contributed by atoms with van der Waals surface area (Å²) in [5.41, 5.74) is 0. The van der Waals surface area contributed by atoms with E-state index < -0.39 is 0 Å². The average molecular weight is 200 g/mol. The molecule has 0 aromatic rings. The first-order chi connectivity index (χ1) is 6.17. The van der Waals surface area contributed by atoms with Crippen LogP contribution in [0.15, 0.2) is 0 Å². The molecular formula is C10H20N2S. The summed E-state index contributed by atoms with van der Waals surface area (Å²) >= 11 is 4.74. The fourth-order valence-corrected chi connectivity index (χ4v) is 2.92. The molecule has 3 unspecified atom stereocenters. The summed E-state index contributed by atoms with van der Waals surface area (Å²) in [6.45, 7) is 4.56. The minimum atomic E-state index is 0.242. The van der Waals surface area contributed by atoms with E-state index in [0.29, 0.717) is 6.17 Å². The van der Waals surface area contributed by atoms with Crippen molar-refractivity contribution in [1.82, 2.24) is 10.6 Å². The Bertz CT molecular complexity index is 182. The summed E-state index contributed by atoms with van der Waals surface area (Å²) < 4.78 is 0.242. The largest absolute Gasteiger partial charge is 0.302 e. The van der Waals surface area contributed by atoms with Crippen LogP contribution in [0.25, 0.3) is 0 Å². The van der Waals surface area contributed by atoms with Gasteiger partial charge in [0.05, 0.1) is 6.17 Å². The van der Waals surface area contributed by atoms with Gasteiger partial charge in [-0.1, -0.05) is 6.92 Å². The maximum atomic E-state index is 4.74. The number of nitrogens with one attached hydrogen (secondary N) is 2. The summed E-state index contributed by atoms with van der Waals surface area (Å²) in [7, 11) is 0. The molecule has 0 aliphatic carbocycles. The fraction of sp³-hybridized carbons (Fsp3) is 1.00. The molecule has 13 heavy (non-hydrogen) atoms. The Balaban J connectivity index is 2.03. The Morgan fingerprint density at radius 2 is 2.08 bits per heavy atom. The van der Waals surface area contributed by atoms with E-state index in [0.717, 1.165) is 12.5 Å². The lowest BCUT2D eigenvalue weighted by atomic mass is 9.87. The molecule has 2 saturated heterocycles. The van der Waals surface area contributed by atoms with Gasteiger partial charge < -0.3 is 10.6 Å². The average Bonchev–Trinajstić information content (AvgIpc) is 2.21.